The van der Waals surface area contributed by atoms with Gasteiger partial charge in [0.1, 0.15) is 13.2 Å². The van der Waals surface area contributed by atoms with Crippen LogP contribution in [0.4, 0.5) is 0 Å². The van der Waals surface area contributed by atoms with Gasteiger partial charge in [-0.05, 0) is 48.2 Å². The van der Waals surface area contributed by atoms with Crippen molar-refractivity contribution in [1.29, 1.82) is 0 Å². The van der Waals surface area contributed by atoms with Gasteiger partial charge < -0.3 is 14.0 Å². The number of amides is 1. The summed E-state index contributed by atoms with van der Waals surface area (Å²) >= 11 is 1.57. The van der Waals surface area contributed by atoms with Crippen LogP contribution in [-0.4, -0.2) is 23.7 Å². The van der Waals surface area contributed by atoms with Crippen molar-refractivity contribution in [3.8, 4) is 11.5 Å². The Labute approximate surface area is 168 Å². The number of carbonyl (C=O) groups is 1. The van der Waals surface area contributed by atoms with Crippen molar-refractivity contribution in [2.75, 3.05) is 13.2 Å². The number of rotatable bonds is 4. The number of carbonyl (C=O) groups excluding carboxylic acids is 1. The number of hydrogen-bond donors (Lipinski definition) is 0. The first-order valence-electron chi connectivity index (χ1n) is 9.69. The molecule has 0 spiro atoms. The topological polar surface area (TPSA) is 52.8 Å². The smallest absolute Gasteiger partial charge is 0.279 e. The molecule has 0 radical (unpaired) electrons. The lowest BCUT2D eigenvalue weighted by Gasteiger charge is -2.18. The molecule has 0 aliphatic carbocycles. The van der Waals surface area contributed by atoms with Gasteiger partial charge in [-0.25, -0.2) is 0 Å². The van der Waals surface area contributed by atoms with Gasteiger partial charge in [-0.15, -0.1) is 0 Å². The maximum Gasteiger partial charge on any atom is 0.279 e. The highest BCUT2D eigenvalue weighted by Gasteiger charge is 2.15. The molecule has 1 aliphatic heterocycles. The lowest BCUT2D eigenvalue weighted by atomic mass is 10.0. The fourth-order valence-corrected chi connectivity index (χ4v) is 4.40. The van der Waals surface area contributed by atoms with E-state index in [0.29, 0.717) is 36.2 Å². The van der Waals surface area contributed by atoms with Crippen LogP contribution in [0.25, 0.3) is 10.2 Å². The quantitative estimate of drug-likeness (QED) is 0.640. The SMILES string of the molecule is CCCn1c(=NC(=O)c2ccc3c(c2)OCCO3)sc2cc(C(C)C)ccc21. The fourth-order valence-electron chi connectivity index (χ4n) is 3.30. The number of aromatic nitrogens is 1. The van der Waals surface area contributed by atoms with Gasteiger partial charge in [0.2, 0.25) is 0 Å². The fraction of sp³-hybridized carbons (Fsp3) is 0.364. The van der Waals surface area contributed by atoms with Crippen LogP contribution >= 0.6 is 11.3 Å². The average molecular weight is 397 g/mol. The van der Waals surface area contributed by atoms with Crippen molar-refractivity contribution in [2.45, 2.75) is 39.7 Å². The van der Waals surface area contributed by atoms with E-state index in [1.807, 2.05) is 0 Å². The monoisotopic (exact) mass is 396 g/mol. The van der Waals surface area contributed by atoms with Crippen LogP contribution < -0.4 is 14.3 Å². The number of fused-ring (bicyclic) bond motifs is 2. The second kappa shape index (κ2) is 7.80. The zero-order chi connectivity index (χ0) is 19.7. The minimum Gasteiger partial charge on any atom is -0.486 e. The van der Waals surface area contributed by atoms with E-state index in [-0.39, 0.29) is 5.91 Å². The summed E-state index contributed by atoms with van der Waals surface area (Å²) in [5, 5.41) is 0. The number of benzene rings is 2. The molecule has 1 amide bonds. The highest BCUT2D eigenvalue weighted by molar-refractivity contribution is 7.16. The molecule has 4 rings (SSSR count). The summed E-state index contributed by atoms with van der Waals surface area (Å²) < 4.78 is 14.4. The Bertz CT molecular complexity index is 1090. The van der Waals surface area contributed by atoms with Crippen LogP contribution in [0, 0.1) is 0 Å². The molecule has 0 atom stereocenters. The summed E-state index contributed by atoms with van der Waals surface area (Å²) in [6, 6.07) is 11.8. The van der Waals surface area contributed by atoms with E-state index in [0.717, 1.165) is 28.0 Å². The largest absolute Gasteiger partial charge is 0.486 e. The summed E-state index contributed by atoms with van der Waals surface area (Å²) in [5.74, 6) is 1.47. The van der Waals surface area contributed by atoms with E-state index in [1.165, 1.54) is 5.56 Å². The van der Waals surface area contributed by atoms with Crippen LogP contribution in [0.3, 0.4) is 0 Å². The van der Waals surface area contributed by atoms with Gasteiger partial charge in [-0.3, -0.25) is 4.79 Å². The summed E-state index contributed by atoms with van der Waals surface area (Å²) in [6.07, 6.45) is 0.975. The van der Waals surface area contributed by atoms with Gasteiger partial charge >= 0.3 is 0 Å². The van der Waals surface area contributed by atoms with Gasteiger partial charge in [0.15, 0.2) is 16.3 Å². The van der Waals surface area contributed by atoms with Gasteiger partial charge in [0.25, 0.3) is 5.91 Å². The Kier molecular flexibility index (Phi) is 5.22. The minimum atomic E-state index is -0.266. The van der Waals surface area contributed by atoms with Crippen LogP contribution in [0.15, 0.2) is 41.4 Å². The third-order valence-electron chi connectivity index (χ3n) is 4.81. The summed E-state index contributed by atoms with van der Waals surface area (Å²) in [5.41, 5.74) is 2.93. The molecule has 0 fully saturated rings. The number of ether oxygens (including phenoxy) is 2. The van der Waals surface area contributed by atoms with Crippen molar-refractivity contribution in [1.82, 2.24) is 4.57 Å². The van der Waals surface area contributed by atoms with Crippen LogP contribution in [0.1, 0.15) is 49.0 Å². The standard InChI is InChI=1S/C22H24N2O3S/c1-4-9-24-17-7-5-15(14(2)3)13-20(17)28-22(24)23-21(25)16-6-8-18-19(12-16)27-11-10-26-18/h5-8,12-14H,4,9-11H2,1-3H3. The van der Waals surface area contributed by atoms with E-state index in [1.54, 1.807) is 29.5 Å². The Morgan fingerprint density at radius 1 is 1.14 bits per heavy atom. The second-order valence-corrected chi connectivity index (χ2v) is 8.20. The summed E-state index contributed by atoms with van der Waals surface area (Å²) in [7, 11) is 0. The molecule has 3 aromatic rings. The molecule has 6 heteroatoms. The van der Waals surface area contributed by atoms with E-state index < -0.39 is 0 Å². The molecule has 0 saturated carbocycles. The summed E-state index contributed by atoms with van der Waals surface area (Å²) in [6.45, 7) is 8.35. The van der Waals surface area contributed by atoms with Crippen molar-refractivity contribution >= 4 is 27.5 Å². The highest BCUT2D eigenvalue weighted by Crippen LogP contribution is 2.31. The molecule has 1 aliphatic rings. The Hall–Kier alpha value is -2.60. The van der Waals surface area contributed by atoms with Crippen LogP contribution in [-0.2, 0) is 6.54 Å². The zero-order valence-corrected chi connectivity index (χ0v) is 17.2. The molecule has 0 N–H and O–H groups in total. The Morgan fingerprint density at radius 3 is 2.68 bits per heavy atom. The van der Waals surface area contributed by atoms with Crippen molar-refractivity contribution < 1.29 is 14.3 Å². The molecule has 5 nitrogen and oxygen atoms in total. The second-order valence-electron chi connectivity index (χ2n) is 7.19. The van der Waals surface area contributed by atoms with E-state index in [9.17, 15) is 4.79 Å². The maximum atomic E-state index is 12.8. The molecule has 146 valence electrons. The van der Waals surface area contributed by atoms with Crippen LogP contribution in [0.5, 0.6) is 11.5 Å². The molecule has 2 aromatic carbocycles. The first kappa shape index (κ1) is 18.7. The van der Waals surface area contributed by atoms with E-state index in [2.05, 4.69) is 48.5 Å². The van der Waals surface area contributed by atoms with Crippen LogP contribution in [0.2, 0.25) is 0 Å². The Balaban J connectivity index is 1.77. The average Bonchev–Trinajstić information content (AvgIpc) is 3.04. The normalized spacial score (nSPS) is 14.1. The molecule has 0 saturated heterocycles. The van der Waals surface area contributed by atoms with Crippen molar-refractivity contribution in [3.63, 3.8) is 0 Å². The van der Waals surface area contributed by atoms with Gasteiger partial charge in [0, 0.05) is 12.1 Å². The number of thiazole rings is 1. The van der Waals surface area contributed by atoms with Crippen molar-refractivity contribution in [3.05, 3.63) is 52.3 Å². The van der Waals surface area contributed by atoms with Crippen molar-refractivity contribution in [2.24, 2.45) is 4.99 Å². The summed E-state index contributed by atoms with van der Waals surface area (Å²) in [4.78, 5) is 18.0. The first-order valence-corrected chi connectivity index (χ1v) is 10.5. The number of hydrogen-bond acceptors (Lipinski definition) is 4. The zero-order valence-electron chi connectivity index (χ0n) is 16.4. The highest BCUT2D eigenvalue weighted by atomic mass is 32.1. The van der Waals surface area contributed by atoms with Gasteiger partial charge in [-0.2, -0.15) is 4.99 Å². The predicted octanol–water partition coefficient (Wildman–Crippen LogP) is 4.75. The lowest BCUT2D eigenvalue weighted by molar-refractivity contribution is 0.0996. The third-order valence-corrected chi connectivity index (χ3v) is 5.85. The number of aryl methyl sites for hydroxylation is 1. The molecule has 1 aromatic heterocycles. The molecule has 0 unspecified atom stereocenters. The lowest BCUT2D eigenvalue weighted by Crippen LogP contribution is -2.18. The van der Waals surface area contributed by atoms with E-state index >= 15 is 0 Å². The Morgan fingerprint density at radius 2 is 1.93 bits per heavy atom. The third kappa shape index (κ3) is 3.56. The maximum absolute atomic E-state index is 12.8. The van der Waals surface area contributed by atoms with Gasteiger partial charge in [-0.1, -0.05) is 38.2 Å². The molecule has 0 bridgehead atoms. The molecular weight excluding hydrogens is 372 g/mol. The minimum absolute atomic E-state index is 0.266. The first-order chi connectivity index (χ1) is 13.6. The van der Waals surface area contributed by atoms with E-state index in [4.69, 9.17) is 9.47 Å². The predicted molar refractivity (Wildman–Crippen MR) is 112 cm³/mol. The molecule has 2 heterocycles. The number of nitrogens with zero attached hydrogens (tertiary/aromatic N) is 2. The molecule has 28 heavy (non-hydrogen) atoms. The molecular formula is C22H24N2O3S. The van der Waals surface area contributed by atoms with Gasteiger partial charge in [0.05, 0.1) is 10.2 Å².